The molecule has 4 rings (SSSR count). The molecule has 2 N–H and O–H groups in total. The lowest BCUT2D eigenvalue weighted by Crippen LogP contribution is -2.19. The number of rotatable bonds is 4. The first kappa shape index (κ1) is 19.3. The van der Waals surface area contributed by atoms with Gasteiger partial charge in [0.15, 0.2) is 0 Å². The minimum atomic E-state index is -0.845. The molecule has 1 aromatic heterocycles. The zero-order chi connectivity index (χ0) is 21.3. The summed E-state index contributed by atoms with van der Waals surface area (Å²) < 4.78 is 11.3. The third-order valence-corrected chi connectivity index (χ3v) is 4.98. The molecule has 1 atom stereocenters. The van der Waals surface area contributed by atoms with E-state index in [1.165, 1.54) is 0 Å². The molecule has 0 saturated heterocycles. The Bertz CT molecular complexity index is 1290. The van der Waals surface area contributed by atoms with Crippen molar-refractivity contribution in [1.82, 2.24) is 0 Å². The van der Waals surface area contributed by atoms with Gasteiger partial charge in [0.25, 0.3) is 0 Å². The van der Waals surface area contributed by atoms with E-state index in [0.717, 1.165) is 0 Å². The van der Waals surface area contributed by atoms with Gasteiger partial charge in [0, 0.05) is 11.5 Å². The Hall–Kier alpha value is -3.99. The highest BCUT2D eigenvalue weighted by Crippen LogP contribution is 2.44. The van der Waals surface area contributed by atoms with Gasteiger partial charge in [-0.05, 0) is 31.2 Å². The van der Waals surface area contributed by atoms with Gasteiger partial charge in [-0.1, -0.05) is 55.1 Å². The van der Waals surface area contributed by atoms with Crippen molar-refractivity contribution < 1.29 is 19.4 Å². The molecule has 0 radical (unpaired) electrons. The Morgan fingerprint density at radius 1 is 1.03 bits per heavy atom. The normalized spacial score (nSPS) is 15.0. The first-order valence-electron chi connectivity index (χ1n) is 9.46. The molecule has 5 nitrogen and oxygen atoms in total. The molecule has 2 aromatic carbocycles. The topological polar surface area (TPSA) is 79.9 Å². The number of hydrogen-bond acceptors (Lipinski definition) is 5. The van der Waals surface area contributed by atoms with Gasteiger partial charge in [-0.15, -0.1) is 0 Å². The Balaban J connectivity index is 2.01. The van der Waals surface area contributed by atoms with Crippen LogP contribution in [0.2, 0.25) is 0 Å². The van der Waals surface area contributed by atoms with E-state index < -0.39 is 11.5 Å². The third-order valence-electron chi connectivity index (χ3n) is 4.98. The van der Waals surface area contributed by atoms with E-state index in [0.29, 0.717) is 16.7 Å². The standard InChI is InChI=1S/C25H20O5/c1-3-4-5-12-18(21-15(2)29-19-13-8-6-10-16(19)23(21)26)22-24(27)17-11-7-9-14-20(17)30-25(22)28/h3-14,18,26-27H,2H2,1H3/b4-3+,12-5+. The quantitative estimate of drug-likeness (QED) is 0.441. The van der Waals surface area contributed by atoms with Gasteiger partial charge in [-0.25, -0.2) is 4.79 Å². The lowest BCUT2D eigenvalue weighted by molar-refractivity contribution is 0.400. The summed E-state index contributed by atoms with van der Waals surface area (Å²) in [7, 11) is 0. The molecule has 0 amide bonds. The van der Waals surface area contributed by atoms with Crippen molar-refractivity contribution in [3.8, 4) is 11.5 Å². The minimum absolute atomic E-state index is 0.000124. The van der Waals surface area contributed by atoms with Gasteiger partial charge in [-0.3, -0.25) is 0 Å². The number of aliphatic hydroxyl groups is 1. The van der Waals surface area contributed by atoms with Crippen LogP contribution in [0.15, 0.2) is 100.0 Å². The third kappa shape index (κ3) is 3.20. The van der Waals surface area contributed by atoms with Crippen molar-refractivity contribution in [2.24, 2.45) is 0 Å². The van der Waals surface area contributed by atoms with Gasteiger partial charge in [-0.2, -0.15) is 0 Å². The lowest BCUT2D eigenvalue weighted by Gasteiger charge is -2.26. The number of aliphatic hydroxyl groups excluding tert-OH is 1. The van der Waals surface area contributed by atoms with Crippen LogP contribution in [-0.4, -0.2) is 10.2 Å². The highest BCUT2D eigenvalue weighted by atomic mass is 16.5. The molecule has 0 spiro atoms. The highest BCUT2D eigenvalue weighted by molar-refractivity contribution is 5.85. The fraction of sp³-hybridized carbons (Fsp3) is 0.0800. The van der Waals surface area contributed by atoms with E-state index >= 15 is 0 Å². The summed E-state index contributed by atoms with van der Waals surface area (Å²) in [5.41, 5.74) is 0.344. The summed E-state index contributed by atoms with van der Waals surface area (Å²) in [6.45, 7) is 5.79. The van der Waals surface area contributed by atoms with E-state index in [-0.39, 0.29) is 34.0 Å². The SMILES string of the molecule is C=C1Oc2ccccc2C(O)=C1C(/C=C/C=C/C)c1c(O)c2ccccc2oc1=O. The second kappa shape index (κ2) is 7.79. The number of ether oxygens (including phenoxy) is 1. The van der Waals surface area contributed by atoms with E-state index in [1.807, 2.05) is 13.0 Å². The first-order chi connectivity index (χ1) is 14.5. The molecule has 0 bridgehead atoms. The number of aromatic hydroxyl groups is 1. The molecule has 1 aliphatic rings. The van der Waals surface area contributed by atoms with E-state index in [4.69, 9.17) is 9.15 Å². The van der Waals surface area contributed by atoms with Crippen LogP contribution in [0.4, 0.5) is 0 Å². The smallest absolute Gasteiger partial charge is 0.344 e. The summed E-state index contributed by atoms with van der Waals surface area (Å²) in [6.07, 6.45) is 7.03. The van der Waals surface area contributed by atoms with Gasteiger partial charge >= 0.3 is 5.63 Å². The maximum absolute atomic E-state index is 12.9. The molecule has 0 aliphatic carbocycles. The average molecular weight is 400 g/mol. The van der Waals surface area contributed by atoms with Crippen molar-refractivity contribution in [1.29, 1.82) is 0 Å². The average Bonchev–Trinajstić information content (AvgIpc) is 2.73. The maximum atomic E-state index is 12.9. The second-order valence-corrected chi connectivity index (χ2v) is 6.82. The van der Waals surface area contributed by atoms with Gasteiger partial charge < -0.3 is 19.4 Å². The lowest BCUT2D eigenvalue weighted by atomic mass is 9.86. The van der Waals surface area contributed by atoms with Crippen LogP contribution in [-0.2, 0) is 0 Å². The van der Waals surface area contributed by atoms with E-state index in [2.05, 4.69) is 6.58 Å². The molecule has 0 fully saturated rings. The van der Waals surface area contributed by atoms with Gasteiger partial charge in [0.1, 0.15) is 28.6 Å². The van der Waals surface area contributed by atoms with Crippen LogP contribution in [0, 0.1) is 0 Å². The van der Waals surface area contributed by atoms with Crippen molar-refractivity contribution in [2.75, 3.05) is 0 Å². The van der Waals surface area contributed by atoms with Crippen LogP contribution < -0.4 is 10.4 Å². The van der Waals surface area contributed by atoms with Gasteiger partial charge in [0.05, 0.1) is 16.5 Å². The Morgan fingerprint density at radius 3 is 2.57 bits per heavy atom. The number of allylic oxidation sites excluding steroid dienone is 5. The summed E-state index contributed by atoms with van der Waals surface area (Å²) in [4.78, 5) is 12.9. The molecule has 3 aromatic rings. The van der Waals surface area contributed by atoms with Crippen LogP contribution in [0.1, 0.15) is 24.0 Å². The molecule has 1 aliphatic heterocycles. The molecule has 5 heteroatoms. The number of fused-ring (bicyclic) bond motifs is 2. The fourth-order valence-electron chi connectivity index (χ4n) is 3.58. The van der Waals surface area contributed by atoms with Crippen LogP contribution in [0.5, 0.6) is 11.5 Å². The molecule has 150 valence electrons. The summed E-state index contributed by atoms with van der Waals surface area (Å²) in [5, 5.41) is 22.4. The van der Waals surface area contributed by atoms with Crippen molar-refractivity contribution >= 4 is 16.7 Å². The number of para-hydroxylation sites is 2. The summed E-state index contributed by atoms with van der Waals surface area (Å²) in [6, 6.07) is 13.7. The van der Waals surface area contributed by atoms with E-state index in [1.54, 1.807) is 66.8 Å². The van der Waals surface area contributed by atoms with Crippen molar-refractivity contribution in [3.05, 3.63) is 112 Å². The Kier molecular flexibility index (Phi) is 5.02. The highest BCUT2D eigenvalue weighted by Gasteiger charge is 2.33. The first-order valence-corrected chi connectivity index (χ1v) is 9.46. The number of benzene rings is 2. The molecular formula is C25H20O5. The molecule has 2 heterocycles. The molecular weight excluding hydrogens is 380 g/mol. The second-order valence-electron chi connectivity index (χ2n) is 6.82. The largest absolute Gasteiger partial charge is 0.507 e. The van der Waals surface area contributed by atoms with E-state index in [9.17, 15) is 15.0 Å². The minimum Gasteiger partial charge on any atom is -0.507 e. The fourth-order valence-corrected chi connectivity index (χ4v) is 3.58. The van der Waals surface area contributed by atoms with Crippen molar-refractivity contribution in [2.45, 2.75) is 12.8 Å². The van der Waals surface area contributed by atoms with Crippen LogP contribution in [0.3, 0.4) is 0 Å². The van der Waals surface area contributed by atoms with Crippen molar-refractivity contribution in [3.63, 3.8) is 0 Å². The molecule has 30 heavy (non-hydrogen) atoms. The molecule has 0 saturated carbocycles. The van der Waals surface area contributed by atoms with Crippen LogP contribution in [0.25, 0.3) is 16.7 Å². The van der Waals surface area contributed by atoms with Gasteiger partial charge in [0.2, 0.25) is 0 Å². The predicted octanol–water partition coefficient (Wildman–Crippen LogP) is 5.59. The van der Waals surface area contributed by atoms with Crippen LogP contribution >= 0.6 is 0 Å². The zero-order valence-electron chi connectivity index (χ0n) is 16.3. The maximum Gasteiger partial charge on any atom is 0.344 e. The summed E-state index contributed by atoms with van der Waals surface area (Å²) in [5.74, 6) is -0.459. The number of hydrogen-bond donors (Lipinski definition) is 2. The Labute approximate surface area is 173 Å². The monoisotopic (exact) mass is 400 g/mol. The summed E-state index contributed by atoms with van der Waals surface area (Å²) >= 11 is 0. The zero-order valence-corrected chi connectivity index (χ0v) is 16.3. The molecule has 1 unspecified atom stereocenters. The Morgan fingerprint density at radius 2 is 1.77 bits per heavy atom. The predicted molar refractivity (Wildman–Crippen MR) is 117 cm³/mol.